The van der Waals surface area contributed by atoms with Gasteiger partial charge >= 0.3 is 6.09 Å². The highest BCUT2D eigenvalue weighted by Gasteiger charge is 2.40. The van der Waals surface area contributed by atoms with Crippen LogP contribution in [-0.4, -0.2) is 120 Å². The third kappa shape index (κ3) is 25.7. The number of carbonyl (C=O) groups is 6. The van der Waals surface area contributed by atoms with Gasteiger partial charge in [-0.3, -0.25) is 24.0 Å². The standard InChI is InChI=1S/C33H56N2O7.C32H52N2O7/c1-21(2)25(17-24-11-12-30(41-9)31(18-24)42-16-10-15-40-8)19-27(35-23(5)36)29(38)20-26(22(3)4)28(37)13-14-33(6,7)32(34)39;1-20(2)23(16-22-10-11-27(39-8)29(17-22)40-15-9-14-38-7)18-25-28(41-31(37)34-25)19-24(21(3)4)26(35)12-13-32(5,6)30(33)36/h11-12,18,21-22,25-27,29,38H,10,13-17,19-20H2,1-9H3,(H2,34,39)(H,35,36);10-11,17,20-21,23-25,28H,9,12-16,18-19H2,1-8H3,(H2,33,36)(H,34,37)/t25-,26-,27-,29-;23-,24-,25-,28-/m00/s1. The molecule has 8 atom stereocenters. The van der Waals surface area contributed by atoms with Crippen LogP contribution in [0.3, 0.4) is 0 Å². The minimum absolute atomic E-state index is 0.00313. The molecule has 0 spiro atoms. The molecule has 0 saturated carbocycles. The smallest absolute Gasteiger partial charge is 0.407 e. The number of nitrogens with two attached hydrogens (primary N) is 2. The number of aliphatic hydroxyl groups is 1. The van der Waals surface area contributed by atoms with Crippen LogP contribution >= 0.6 is 0 Å². The highest BCUT2D eigenvalue weighted by molar-refractivity contribution is 5.85. The number of amides is 4. The number of alkyl carbamates (subject to hydrolysis) is 1. The molecular weight excluding hydrogens is 1060 g/mol. The van der Waals surface area contributed by atoms with Gasteiger partial charge in [0.05, 0.1) is 45.6 Å². The molecule has 1 aliphatic rings. The zero-order valence-electron chi connectivity index (χ0n) is 53.6. The highest BCUT2D eigenvalue weighted by Crippen LogP contribution is 2.36. The average molecular weight is 1170 g/mol. The Kier molecular flexibility index (Phi) is 32.3. The first kappa shape index (κ1) is 73.6. The van der Waals surface area contributed by atoms with E-state index in [0.717, 1.165) is 36.8 Å². The SMILES string of the molecule is COCCCOc1cc(C[C@@H](C[C@@H]2NC(=O)O[C@H]2C[C@H](C(=O)CCC(C)(C)C(N)=O)C(C)C)C(C)C)ccc1OC.COCCCOc1cc(C[C@@H](C[C@H](NC(C)=O)[C@@H](O)C[C@H](C(=O)CCC(C)(C)C(N)=O)C(C)C)C(C)C)ccc1OC. The van der Waals surface area contributed by atoms with Gasteiger partial charge < -0.3 is 60.4 Å². The van der Waals surface area contributed by atoms with Crippen molar-refractivity contribution in [3.05, 3.63) is 47.5 Å². The first-order valence-electron chi connectivity index (χ1n) is 30.1. The number of ketones is 2. The number of methoxy groups -OCH3 is 4. The van der Waals surface area contributed by atoms with E-state index in [1.807, 2.05) is 58.0 Å². The summed E-state index contributed by atoms with van der Waals surface area (Å²) in [6.45, 7) is 27.3. The Morgan fingerprint density at radius 2 is 1.07 bits per heavy atom. The maximum absolute atomic E-state index is 13.3. The van der Waals surface area contributed by atoms with E-state index < -0.39 is 52.9 Å². The van der Waals surface area contributed by atoms with Gasteiger partial charge in [-0.1, -0.05) is 95.2 Å². The first-order valence-corrected chi connectivity index (χ1v) is 30.1. The Hall–Kier alpha value is -5.46. The van der Waals surface area contributed by atoms with Crippen molar-refractivity contribution in [1.82, 2.24) is 10.6 Å². The van der Waals surface area contributed by atoms with E-state index in [2.05, 4.69) is 44.4 Å². The highest BCUT2D eigenvalue weighted by atomic mass is 16.6. The number of rotatable bonds is 40. The summed E-state index contributed by atoms with van der Waals surface area (Å²) in [6, 6.07) is 11.2. The Labute approximate surface area is 497 Å². The lowest BCUT2D eigenvalue weighted by Crippen LogP contribution is -2.46. The van der Waals surface area contributed by atoms with E-state index in [9.17, 15) is 33.9 Å². The minimum atomic E-state index is -0.911. The summed E-state index contributed by atoms with van der Waals surface area (Å²) >= 11 is 0. The lowest BCUT2D eigenvalue weighted by molar-refractivity contribution is -0.130. The molecule has 0 radical (unpaired) electrons. The molecule has 1 aliphatic heterocycles. The van der Waals surface area contributed by atoms with Crippen molar-refractivity contribution in [3.63, 3.8) is 0 Å². The maximum atomic E-state index is 13.3. The van der Waals surface area contributed by atoms with Gasteiger partial charge in [-0.15, -0.1) is 0 Å². The lowest BCUT2D eigenvalue weighted by Gasteiger charge is -2.32. The third-order valence-electron chi connectivity index (χ3n) is 16.6. The number of Topliss-reactive ketones (excluding diaryl/α,β-unsaturated/α-hetero) is 2. The van der Waals surface area contributed by atoms with Crippen molar-refractivity contribution in [2.24, 2.45) is 69.6 Å². The summed E-state index contributed by atoms with van der Waals surface area (Å²) in [5.74, 6) is 2.09. The number of aliphatic hydroxyl groups excluding tert-OH is 1. The van der Waals surface area contributed by atoms with E-state index in [1.54, 1.807) is 56.1 Å². The van der Waals surface area contributed by atoms with Crippen LogP contribution in [0, 0.1) is 58.2 Å². The Balaban J connectivity index is 0.000000567. The van der Waals surface area contributed by atoms with E-state index in [0.29, 0.717) is 87.4 Å². The van der Waals surface area contributed by atoms with Crippen LogP contribution in [0.1, 0.15) is 165 Å². The molecule has 472 valence electrons. The van der Waals surface area contributed by atoms with Gasteiger partial charge in [0, 0.05) is 82.7 Å². The zero-order chi connectivity index (χ0) is 62.8. The molecule has 7 N–H and O–H groups in total. The van der Waals surface area contributed by atoms with Crippen LogP contribution in [0.25, 0.3) is 0 Å². The van der Waals surface area contributed by atoms with Crippen molar-refractivity contribution in [2.75, 3.05) is 54.9 Å². The molecule has 18 nitrogen and oxygen atoms in total. The van der Waals surface area contributed by atoms with Crippen molar-refractivity contribution >= 4 is 35.4 Å². The molecule has 83 heavy (non-hydrogen) atoms. The zero-order valence-corrected chi connectivity index (χ0v) is 53.6. The topological polar surface area (TPSA) is 263 Å². The maximum Gasteiger partial charge on any atom is 0.407 e. The molecule has 0 unspecified atom stereocenters. The van der Waals surface area contributed by atoms with E-state index in [4.69, 9.17) is 44.6 Å². The molecule has 2 aromatic carbocycles. The van der Waals surface area contributed by atoms with Crippen molar-refractivity contribution in [1.29, 1.82) is 0 Å². The number of hydrogen-bond acceptors (Lipinski definition) is 14. The van der Waals surface area contributed by atoms with Gasteiger partial charge in [0.25, 0.3) is 0 Å². The van der Waals surface area contributed by atoms with Gasteiger partial charge in [-0.05, 0) is 122 Å². The summed E-state index contributed by atoms with van der Waals surface area (Å²) in [7, 11) is 6.57. The number of carbonyl (C=O) groups excluding carboxylic acids is 6. The number of primary amides is 2. The van der Waals surface area contributed by atoms with Crippen molar-refractivity contribution < 1.29 is 67.0 Å². The summed E-state index contributed by atoms with van der Waals surface area (Å²) in [5.41, 5.74) is 11.7. The molecule has 1 fully saturated rings. The fourth-order valence-electron chi connectivity index (χ4n) is 10.3. The molecule has 18 heteroatoms. The second-order valence-electron chi connectivity index (χ2n) is 25.4. The predicted octanol–water partition coefficient (Wildman–Crippen LogP) is 10.0. The second-order valence-corrected chi connectivity index (χ2v) is 25.4. The summed E-state index contributed by atoms with van der Waals surface area (Å²) in [6.07, 6.45) is 4.46. The molecule has 0 aliphatic carbocycles. The van der Waals surface area contributed by atoms with E-state index in [1.165, 1.54) is 6.92 Å². The molecule has 3 rings (SSSR count). The van der Waals surface area contributed by atoms with E-state index in [-0.39, 0.29) is 78.3 Å². The average Bonchev–Trinajstić information content (AvgIpc) is 4.05. The van der Waals surface area contributed by atoms with E-state index >= 15 is 0 Å². The number of benzene rings is 2. The number of ether oxygens (including phenoxy) is 7. The molecular formula is C65H108N4O14. The minimum Gasteiger partial charge on any atom is -0.493 e. The molecule has 4 amide bonds. The van der Waals surface area contributed by atoms with Crippen LogP contribution < -0.4 is 41.0 Å². The third-order valence-corrected chi connectivity index (χ3v) is 16.6. The van der Waals surface area contributed by atoms with Crippen LogP contribution in [0.2, 0.25) is 0 Å². The summed E-state index contributed by atoms with van der Waals surface area (Å²) in [4.78, 5) is 74.5. The molecule has 1 saturated heterocycles. The van der Waals surface area contributed by atoms with Gasteiger partial charge in [0.1, 0.15) is 17.7 Å². The fourth-order valence-corrected chi connectivity index (χ4v) is 10.3. The summed E-state index contributed by atoms with van der Waals surface area (Å²) in [5, 5.41) is 17.4. The lowest BCUT2D eigenvalue weighted by atomic mass is 9.78. The van der Waals surface area contributed by atoms with Gasteiger partial charge in [0.2, 0.25) is 17.7 Å². The Bertz CT molecular complexity index is 2320. The largest absolute Gasteiger partial charge is 0.493 e. The van der Waals surface area contributed by atoms with Crippen molar-refractivity contribution in [2.45, 2.75) is 191 Å². The number of nitrogens with one attached hydrogen (secondary N) is 2. The molecule has 0 bridgehead atoms. The first-order chi connectivity index (χ1) is 38.9. The van der Waals surface area contributed by atoms with Gasteiger partial charge in [0.15, 0.2) is 23.0 Å². The number of hydrogen-bond donors (Lipinski definition) is 5. The predicted molar refractivity (Wildman–Crippen MR) is 324 cm³/mol. The van der Waals surface area contributed by atoms with Gasteiger partial charge in [-0.25, -0.2) is 4.79 Å². The Morgan fingerprint density at radius 1 is 0.627 bits per heavy atom. The van der Waals surface area contributed by atoms with Crippen LogP contribution in [0.5, 0.6) is 23.0 Å². The normalized spacial score (nSPS) is 16.7. The second kappa shape index (κ2) is 36.4. The monoisotopic (exact) mass is 1170 g/mol. The van der Waals surface area contributed by atoms with Crippen molar-refractivity contribution in [3.8, 4) is 23.0 Å². The molecule has 0 aromatic heterocycles. The summed E-state index contributed by atoms with van der Waals surface area (Å²) < 4.78 is 38.9. The fraction of sp³-hybridized carbons (Fsp3) is 0.723. The quantitative estimate of drug-likeness (QED) is 0.0389. The van der Waals surface area contributed by atoms with Gasteiger partial charge in [-0.2, -0.15) is 0 Å². The van der Waals surface area contributed by atoms with Crippen LogP contribution in [-0.2, 0) is 51.0 Å². The van der Waals surface area contributed by atoms with Crippen LogP contribution in [0.4, 0.5) is 4.79 Å². The van der Waals surface area contributed by atoms with Crippen LogP contribution in [0.15, 0.2) is 36.4 Å². The molecule has 2 aromatic rings. The Morgan fingerprint density at radius 3 is 1.47 bits per heavy atom. The number of cyclic esters (lactones) is 1. The molecule has 1 heterocycles.